The highest BCUT2D eigenvalue weighted by Gasteiger charge is 1.99. The number of benzene rings is 1. The molecule has 0 saturated carbocycles. The minimum atomic E-state index is -0.168. The van der Waals surface area contributed by atoms with Crippen molar-refractivity contribution < 1.29 is 4.79 Å². The molecule has 0 radical (unpaired) electrons. The summed E-state index contributed by atoms with van der Waals surface area (Å²) in [6.07, 6.45) is 1.65. The topological polar surface area (TPSA) is 41.1 Å². The van der Waals surface area contributed by atoms with E-state index in [1.807, 2.05) is 31.2 Å². The molecule has 0 aliphatic carbocycles. The van der Waals surface area contributed by atoms with Crippen molar-refractivity contribution in [2.75, 3.05) is 6.54 Å². The van der Waals surface area contributed by atoms with Gasteiger partial charge in [-0.1, -0.05) is 30.3 Å². The molecule has 2 N–H and O–H groups in total. The summed E-state index contributed by atoms with van der Waals surface area (Å²) >= 11 is 0. The predicted octanol–water partition coefficient (Wildman–Crippen LogP) is 1.98. The fraction of sp³-hybridized carbons (Fsp3) is 0.250. The van der Waals surface area contributed by atoms with Crippen LogP contribution in [0.15, 0.2) is 36.9 Å². The number of carbonyl (C=O) groups excluding carboxylic acids is 1. The largest absolute Gasteiger partial charge is 0.335 e. The highest BCUT2D eigenvalue weighted by molar-refractivity contribution is 5.73. The van der Waals surface area contributed by atoms with Crippen molar-refractivity contribution in [3.8, 4) is 0 Å². The zero-order valence-electron chi connectivity index (χ0n) is 8.92. The Balaban J connectivity index is 2.40. The van der Waals surface area contributed by atoms with Gasteiger partial charge in [0, 0.05) is 13.1 Å². The molecule has 0 aliphatic rings. The molecular formula is C12H16N2O. The summed E-state index contributed by atoms with van der Waals surface area (Å²) in [6, 6.07) is 7.81. The Bertz CT molecular complexity index is 347. The summed E-state index contributed by atoms with van der Waals surface area (Å²) in [7, 11) is 0. The summed E-state index contributed by atoms with van der Waals surface area (Å²) in [4.78, 5) is 11.2. The number of urea groups is 1. The minimum Gasteiger partial charge on any atom is -0.335 e. The first kappa shape index (κ1) is 11.3. The van der Waals surface area contributed by atoms with Crippen molar-refractivity contribution >= 4 is 6.03 Å². The minimum absolute atomic E-state index is 0.168. The van der Waals surface area contributed by atoms with Crippen LogP contribution >= 0.6 is 0 Å². The van der Waals surface area contributed by atoms with Gasteiger partial charge in [0.05, 0.1) is 0 Å². The van der Waals surface area contributed by atoms with Gasteiger partial charge in [0.2, 0.25) is 0 Å². The lowest BCUT2D eigenvalue weighted by Crippen LogP contribution is -2.35. The summed E-state index contributed by atoms with van der Waals surface area (Å²) in [6.45, 7) is 6.59. The van der Waals surface area contributed by atoms with Crippen molar-refractivity contribution in [2.45, 2.75) is 13.5 Å². The highest BCUT2D eigenvalue weighted by Crippen LogP contribution is 2.05. The van der Waals surface area contributed by atoms with E-state index in [0.29, 0.717) is 13.1 Å². The second-order valence-electron chi connectivity index (χ2n) is 3.28. The van der Waals surface area contributed by atoms with E-state index in [4.69, 9.17) is 0 Å². The van der Waals surface area contributed by atoms with Crippen molar-refractivity contribution in [3.05, 3.63) is 48.0 Å². The van der Waals surface area contributed by atoms with Crippen LogP contribution in [-0.2, 0) is 6.54 Å². The van der Waals surface area contributed by atoms with Crippen LogP contribution in [0.1, 0.15) is 11.1 Å². The zero-order chi connectivity index (χ0) is 11.1. The molecule has 0 saturated heterocycles. The van der Waals surface area contributed by atoms with Crippen LogP contribution in [0, 0.1) is 6.92 Å². The van der Waals surface area contributed by atoms with E-state index in [2.05, 4.69) is 17.2 Å². The van der Waals surface area contributed by atoms with Gasteiger partial charge in [-0.2, -0.15) is 0 Å². The Hall–Kier alpha value is -1.77. The zero-order valence-corrected chi connectivity index (χ0v) is 8.92. The molecule has 0 aliphatic heterocycles. The first-order chi connectivity index (χ1) is 7.24. The average molecular weight is 204 g/mol. The maximum absolute atomic E-state index is 11.2. The van der Waals surface area contributed by atoms with Gasteiger partial charge in [-0.3, -0.25) is 0 Å². The lowest BCUT2D eigenvalue weighted by atomic mass is 10.1. The molecule has 1 rings (SSSR count). The summed E-state index contributed by atoms with van der Waals surface area (Å²) in [5.74, 6) is 0. The van der Waals surface area contributed by atoms with E-state index in [9.17, 15) is 4.79 Å². The molecule has 2 amide bonds. The van der Waals surface area contributed by atoms with Gasteiger partial charge in [0.1, 0.15) is 0 Å². The molecule has 0 fully saturated rings. The normalized spacial score (nSPS) is 9.40. The number of aryl methyl sites for hydroxylation is 1. The first-order valence-corrected chi connectivity index (χ1v) is 4.91. The fourth-order valence-corrected chi connectivity index (χ4v) is 1.21. The molecule has 3 heteroatoms. The van der Waals surface area contributed by atoms with E-state index in [-0.39, 0.29) is 6.03 Å². The Morgan fingerprint density at radius 3 is 2.80 bits per heavy atom. The van der Waals surface area contributed by atoms with Crippen molar-refractivity contribution in [3.63, 3.8) is 0 Å². The monoisotopic (exact) mass is 204 g/mol. The van der Waals surface area contributed by atoms with Crippen LogP contribution in [0.25, 0.3) is 0 Å². The number of hydrogen-bond donors (Lipinski definition) is 2. The quantitative estimate of drug-likeness (QED) is 0.723. The molecule has 0 spiro atoms. The summed E-state index contributed by atoms with van der Waals surface area (Å²) in [5.41, 5.74) is 2.31. The molecule has 3 nitrogen and oxygen atoms in total. The molecule has 0 bridgehead atoms. The molecule has 0 heterocycles. The maximum atomic E-state index is 11.2. The average Bonchev–Trinajstić information content (AvgIpc) is 2.25. The summed E-state index contributed by atoms with van der Waals surface area (Å²) in [5, 5.41) is 5.43. The van der Waals surface area contributed by atoms with E-state index in [0.717, 1.165) is 5.56 Å². The lowest BCUT2D eigenvalue weighted by Gasteiger charge is -2.07. The van der Waals surface area contributed by atoms with E-state index < -0.39 is 0 Å². The number of nitrogens with one attached hydrogen (secondary N) is 2. The van der Waals surface area contributed by atoms with Crippen LogP contribution in [0.5, 0.6) is 0 Å². The van der Waals surface area contributed by atoms with Gasteiger partial charge >= 0.3 is 6.03 Å². The van der Waals surface area contributed by atoms with E-state index in [1.165, 1.54) is 5.56 Å². The van der Waals surface area contributed by atoms with Gasteiger partial charge in [-0.25, -0.2) is 4.79 Å². The van der Waals surface area contributed by atoms with Crippen LogP contribution in [0.2, 0.25) is 0 Å². The maximum Gasteiger partial charge on any atom is 0.315 e. The number of carbonyl (C=O) groups is 1. The fourth-order valence-electron chi connectivity index (χ4n) is 1.21. The Morgan fingerprint density at radius 1 is 1.40 bits per heavy atom. The smallest absolute Gasteiger partial charge is 0.315 e. The second-order valence-corrected chi connectivity index (χ2v) is 3.28. The molecule has 1 aromatic rings. The molecule has 1 aromatic carbocycles. The number of amides is 2. The van der Waals surface area contributed by atoms with Crippen LogP contribution < -0.4 is 10.6 Å². The number of hydrogen-bond acceptors (Lipinski definition) is 1. The molecule has 80 valence electrons. The Kier molecular flexibility index (Phi) is 4.41. The summed E-state index contributed by atoms with van der Waals surface area (Å²) < 4.78 is 0. The molecular weight excluding hydrogens is 188 g/mol. The lowest BCUT2D eigenvalue weighted by molar-refractivity contribution is 0.241. The SMILES string of the molecule is C=CCNC(=O)NCc1ccccc1C. The third kappa shape index (κ3) is 3.85. The standard InChI is InChI=1S/C12H16N2O/c1-3-8-13-12(15)14-9-11-7-5-4-6-10(11)2/h3-7H,1,8-9H2,2H3,(H2,13,14,15). The molecule has 15 heavy (non-hydrogen) atoms. The van der Waals surface area contributed by atoms with Crippen LogP contribution in [0.4, 0.5) is 4.79 Å². The molecule has 0 unspecified atom stereocenters. The molecule has 0 atom stereocenters. The van der Waals surface area contributed by atoms with Crippen LogP contribution in [-0.4, -0.2) is 12.6 Å². The van der Waals surface area contributed by atoms with Gasteiger partial charge in [0.15, 0.2) is 0 Å². The van der Waals surface area contributed by atoms with Gasteiger partial charge < -0.3 is 10.6 Å². The third-order valence-electron chi connectivity index (χ3n) is 2.11. The molecule has 0 aromatic heterocycles. The van der Waals surface area contributed by atoms with Crippen molar-refractivity contribution in [1.82, 2.24) is 10.6 Å². The van der Waals surface area contributed by atoms with Gasteiger partial charge in [-0.05, 0) is 18.1 Å². The van der Waals surface area contributed by atoms with E-state index >= 15 is 0 Å². The van der Waals surface area contributed by atoms with Crippen LogP contribution in [0.3, 0.4) is 0 Å². The van der Waals surface area contributed by atoms with Gasteiger partial charge in [-0.15, -0.1) is 6.58 Å². The Morgan fingerprint density at radius 2 is 2.13 bits per heavy atom. The Labute approximate surface area is 90.2 Å². The second kappa shape index (κ2) is 5.86. The first-order valence-electron chi connectivity index (χ1n) is 4.91. The van der Waals surface area contributed by atoms with Crippen molar-refractivity contribution in [2.24, 2.45) is 0 Å². The highest BCUT2D eigenvalue weighted by atomic mass is 16.2. The van der Waals surface area contributed by atoms with Crippen molar-refractivity contribution in [1.29, 1.82) is 0 Å². The predicted molar refractivity (Wildman–Crippen MR) is 61.6 cm³/mol. The number of rotatable bonds is 4. The van der Waals surface area contributed by atoms with E-state index in [1.54, 1.807) is 6.08 Å². The van der Waals surface area contributed by atoms with Gasteiger partial charge in [0.25, 0.3) is 0 Å². The third-order valence-corrected chi connectivity index (χ3v) is 2.11.